The molecule has 0 amide bonds. The summed E-state index contributed by atoms with van der Waals surface area (Å²) in [6.45, 7) is 2.00. The molecule has 0 bridgehead atoms. The zero-order valence-electron chi connectivity index (χ0n) is 11.0. The second-order valence-electron chi connectivity index (χ2n) is 5.92. The molecule has 2 saturated carbocycles. The van der Waals surface area contributed by atoms with Gasteiger partial charge in [0.15, 0.2) is 0 Å². The first-order valence-electron chi connectivity index (χ1n) is 7.13. The molecular formula is C14H24O4. The highest BCUT2D eigenvalue weighted by Gasteiger charge is 2.32. The fraction of sp³-hybridized carbons (Fsp3) is 0.929. The van der Waals surface area contributed by atoms with Crippen LogP contribution in [0.4, 0.5) is 0 Å². The second kappa shape index (κ2) is 6.02. The Morgan fingerprint density at radius 3 is 2.33 bits per heavy atom. The molecule has 2 aliphatic carbocycles. The maximum Gasteiger partial charge on any atom is 0.309 e. The molecule has 0 aromatic rings. The Morgan fingerprint density at radius 1 is 1.06 bits per heavy atom. The SMILES string of the molecule is CC1CC(OC(=O)C2CCC(O)CC2)CCC1O. The van der Waals surface area contributed by atoms with Gasteiger partial charge in [-0.15, -0.1) is 0 Å². The number of hydrogen-bond donors (Lipinski definition) is 2. The molecular weight excluding hydrogens is 232 g/mol. The van der Waals surface area contributed by atoms with E-state index in [9.17, 15) is 15.0 Å². The largest absolute Gasteiger partial charge is 0.462 e. The van der Waals surface area contributed by atoms with Crippen molar-refractivity contribution in [3.63, 3.8) is 0 Å². The summed E-state index contributed by atoms with van der Waals surface area (Å²) in [6, 6.07) is 0. The van der Waals surface area contributed by atoms with Gasteiger partial charge >= 0.3 is 5.97 Å². The molecule has 0 radical (unpaired) electrons. The summed E-state index contributed by atoms with van der Waals surface area (Å²) < 4.78 is 5.55. The van der Waals surface area contributed by atoms with E-state index >= 15 is 0 Å². The molecule has 3 atom stereocenters. The summed E-state index contributed by atoms with van der Waals surface area (Å²) in [5.74, 6) is 0.0794. The van der Waals surface area contributed by atoms with E-state index in [0.29, 0.717) is 12.8 Å². The Hall–Kier alpha value is -0.610. The average Bonchev–Trinajstić information content (AvgIpc) is 2.34. The summed E-state index contributed by atoms with van der Waals surface area (Å²) in [5.41, 5.74) is 0. The van der Waals surface area contributed by atoms with Crippen molar-refractivity contribution in [3.05, 3.63) is 0 Å². The Labute approximate surface area is 108 Å². The zero-order valence-corrected chi connectivity index (χ0v) is 11.0. The van der Waals surface area contributed by atoms with E-state index in [0.717, 1.165) is 32.1 Å². The fourth-order valence-corrected chi connectivity index (χ4v) is 3.01. The van der Waals surface area contributed by atoms with Crippen LogP contribution in [0.2, 0.25) is 0 Å². The third-order valence-electron chi connectivity index (χ3n) is 4.39. The van der Waals surface area contributed by atoms with Gasteiger partial charge in [0.1, 0.15) is 6.10 Å². The van der Waals surface area contributed by atoms with Crippen LogP contribution in [-0.4, -0.2) is 34.5 Å². The predicted molar refractivity (Wildman–Crippen MR) is 66.9 cm³/mol. The van der Waals surface area contributed by atoms with E-state index < -0.39 is 0 Å². The van der Waals surface area contributed by atoms with Crippen LogP contribution < -0.4 is 0 Å². The zero-order chi connectivity index (χ0) is 13.1. The standard InChI is InChI=1S/C14H24O4/c1-9-8-12(6-7-13(9)16)18-14(17)10-2-4-11(15)5-3-10/h9-13,15-16H,2-8H2,1H3. The van der Waals surface area contributed by atoms with E-state index in [4.69, 9.17) is 4.74 Å². The van der Waals surface area contributed by atoms with Gasteiger partial charge in [0.05, 0.1) is 18.1 Å². The lowest BCUT2D eigenvalue weighted by molar-refractivity contribution is -0.159. The Bertz CT molecular complexity index is 284. The molecule has 0 aliphatic heterocycles. The van der Waals surface area contributed by atoms with Gasteiger partial charge < -0.3 is 14.9 Å². The van der Waals surface area contributed by atoms with Crippen molar-refractivity contribution in [3.8, 4) is 0 Å². The highest BCUT2D eigenvalue weighted by atomic mass is 16.5. The number of carbonyl (C=O) groups is 1. The van der Waals surface area contributed by atoms with E-state index in [1.807, 2.05) is 6.92 Å². The van der Waals surface area contributed by atoms with Gasteiger partial charge in [0.2, 0.25) is 0 Å². The normalized spacial score (nSPS) is 41.4. The van der Waals surface area contributed by atoms with Gasteiger partial charge in [-0.1, -0.05) is 6.92 Å². The van der Waals surface area contributed by atoms with Crippen molar-refractivity contribution in [2.24, 2.45) is 11.8 Å². The van der Waals surface area contributed by atoms with E-state index in [-0.39, 0.29) is 36.1 Å². The van der Waals surface area contributed by atoms with Gasteiger partial charge in [-0.3, -0.25) is 4.79 Å². The summed E-state index contributed by atoms with van der Waals surface area (Å²) >= 11 is 0. The molecule has 104 valence electrons. The summed E-state index contributed by atoms with van der Waals surface area (Å²) in [7, 11) is 0. The van der Waals surface area contributed by atoms with Crippen LogP contribution in [0.15, 0.2) is 0 Å². The minimum Gasteiger partial charge on any atom is -0.462 e. The summed E-state index contributed by atoms with van der Waals surface area (Å²) in [6.07, 6.45) is 4.65. The predicted octanol–water partition coefficient (Wildman–Crippen LogP) is 1.63. The molecule has 0 aromatic carbocycles. The van der Waals surface area contributed by atoms with Crippen LogP contribution in [0.25, 0.3) is 0 Å². The van der Waals surface area contributed by atoms with Gasteiger partial charge in [-0.05, 0) is 50.9 Å². The Morgan fingerprint density at radius 2 is 1.72 bits per heavy atom. The fourth-order valence-electron chi connectivity index (χ4n) is 3.01. The van der Waals surface area contributed by atoms with Gasteiger partial charge in [0, 0.05) is 0 Å². The highest BCUT2D eigenvalue weighted by molar-refractivity contribution is 5.72. The van der Waals surface area contributed by atoms with Gasteiger partial charge in [-0.25, -0.2) is 0 Å². The molecule has 3 unspecified atom stereocenters. The molecule has 0 aromatic heterocycles. The van der Waals surface area contributed by atoms with Crippen molar-refractivity contribution < 1.29 is 19.7 Å². The average molecular weight is 256 g/mol. The first kappa shape index (κ1) is 13.8. The van der Waals surface area contributed by atoms with Crippen LogP contribution in [0.5, 0.6) is 0 Å². The lowest BCUT2D eigenvalue weighted by atomic mass is 9.85. The van der Waals surface area contributed by atoms with E-state index in [1.165, 1.54) is 0 Å². The molecule has 2 rings (SSSR count). The first-order chi connectivity index (χ1) is 8.56. The molecule has 18 heavy (non-hydrogen) atoms. The van der Waals surface area contributed by atoms with Crippen molar-refractivity contribution in [2.75, 3.05) is 0 Å². The quantitative estimate of drug-likeness (QED) is 0.737. The van der Waals surface area contributed by atoms with Crippen LogP contribution >= 0.6 is 0 Å². The van der Waals surface area contributed by atoms with Crippen LogP contribution in [0.3, 0.4) is 0 Å². The Balaban J connectivity index is 1.77. The maximum absolute atomic E-state index is 12.0. The molecule has 2 aliphatic rings. The van der Waals surface area contributed by atoms with Crippen LogP contribution in [0.1, 0.15) is 51.9 Å². The highest BCUT2D eigenvalue weighted by Crippen LogP contribution is 2.30. The third kappa shape index (κ3) is 3.45. The second-order valence-corrected chi connectivity index (χ2v) is 5.92. The number of aliphatic hydroxyl groups excluding tert-OH is 2. The summed E-state index contributed by atoms with van der Waals surface area (Å²) in [5, 5.41) is 19.1. The minimum absolute atomic E-state index is 0.0252. The van der Waals surface area contributed by atoms with Gasteiger partial charge in [0.25, 0.3) is 0 Å². The number of carbonyl (C=O) groups excluding carboxylic acids is 1. The maximum atomic E-state index is 12.0. The van der Waals surface area contributed by atoms with Crippen molar-refractivity contribution in [1.29, 1.82) is 0 Å². The molecule has 0 heterocycles. The number of ether oxygens (including phenoxy) is 1. The van der Waals surface area contributed by atoms with Crippen LogP contribution in [0, 0.1) is 11.8 Å². The summed E-state index contributed by atoms with van der Waals surface area (Å²) in [4.78, 5) is 12.0. The Kier molecular flexibility index (Phi) is 4.62. The number of rotatable bonds is 2. The van der Waals surface area contributed by atoms with Crippen molar-refractivity contribution in [1.82, 2.24) is 0 Å². The number of esters is 1. The third-order valence-corrected chi connectivity index (χ3v) is 4.39. The van der Waals surface area contributed by atoms with Crippen LogP contribution in [-0.2, 0) is 9.53 Å². The molecule has 0 saturated heterocycles. The molecule has 2 N–H and O–H groups in total. The smallest absolute Gasteiger partial charge is 0.309 e. The minimum atomic E-state index is -0.246. The van der Waals surface area contributed by atoms with E-state index in [1.54, 1.807) is 0 Å². The lowest BCUT2D eigenvalue weighted by Gasteiger charge is -2.32. The molecule has 0 spiro atoms. The molecule has 2 fully saturated rings. The number of hydrogen-bond acceptors (Lipinski definition) is 4. The first-order valence-corrected chi connectivity index (χ1v) is 7.13. The van der Waals surface area contributed by atoms with Crippen molar-refractivity contribution >= 4 is 5.97 Å². The topological polar surface area (TPSA) is 66.8 Å². The lowest BCUT2D eigenvalue weighted by Crippen LogP contribution is -2.35. The monoisotopic (exact) mass is 256 g/mol. The van der Waals surface area contributed by atoms with E-state index in [2.05, 4.69) is 0 Å². The van der Waals surface area contributed by atoms with Gasteiger partial charge in [-0.2, -0.15) is 0 Å². The van der Waals surface area contributed by atoms with Crippen molar-refractivity contribution in [2.45, 2.75) is 70.2 Å². The molecule has 4 nitrogen and oxygen atoms in total. The molecule has 4 heteroatoms. The number of aliphatic hydroxyl groups is 2.